The Balaban J connectivity index is 2.11. The summed E-state index contributed by atoms with van der Waals surface area (Å²) in [6, 6.07) is 6.91. The van der Waals surface area contributed by atoms with Crippen molar-refractivity contribution in [3.8, 4) is 0 Å². The molecule has 1 saturated heterocycles. The van der Waals surface area contributed by atoms with Gasteiger partial charge in [-0.3, -0.25) is 4.79 Å². The Kier molecular flexibility index (Phi) is 5.65. The number of carbonyl (C=O) groups is 1. The molecule has 0 aromatic heterocycles. The molecule has 21 heavy (non-hydrogen) atoms. The van der Waals surface area contributed by atoms with E-state index in [4.69, 9.17) is 0 Å². The van der Waals surface area contributed by atoms with Gasteiger partial charge in [-0.15, -0.1) is 0 Å². The summed E-state index contributed by atoms with van der Waals surface area (Å²) in [5, 5.41) is 3.48. The van der Waals surface area contributed by atoms with Crippen molar-refractivity contribution in [1.82, 2.24) is 10.2 Å². The summed E-state index contributed by atoms with van der Waals surface area (Å²) >= 11 is 3.57. The first-order valence-electron chi connectivity index (χ1n) is 7.49. The van der Waals surface area contributed by atoms with Gasteiger partial charge in [0.25, 0.3) is 0 Å². The van der Waals surface area contributed by atoms with Gasteiger partial charge in [-0.25, -0.2) is 0 Å². The van der Waals surface area contributed by atoms with Crippen molar-refractivity contribution in [1.29, 1.82) is 0 Å². The van der Waals surface area contributed by atoms with Crippen molar-refractivity contribution in [3.05, 3.63) is 28.2 Å². The average Bonchev–Trinajstić information content (AvgIpc) is 2.46. The molecule has 1 aliphatic heterocycles. The molecular formula is C16H24BrN3O. The van der Waals surface area contributed by atoms with E-state index < -0.39 is 0 Å². The number of carbonyl (C=O) groups excluding carboxylic acids is 1. The van der Waals surface area contributed by atoms with Gasteiger partial charge in [0.15, 0.2) is 0 Å². The molecule has 1 aromatic carbocycles. The summed E-state index contributed by atoms with van der Waals surface area (Å²) in [7, 11) is 0. The lowest BCUT2D eigenvalue weighted by Gasteiger charge is -2.36. The third kappa shape index (κ3) is 4.45. The van der Waals surface area contributed by atoms with Gasteiger partial charge >= 0.3 is 0 Å². The summed E-state index contributed by atoms with van der Waals surface area (Å²) in [5.41, 5.74) is 2.57. The van der Waals surface area contributed by atoms with E-state index in [0.29, 0.717) is 6.04 Å². The van der Waals surface area contributed by atoms with Gasteiger partial charge in [-0.05, 0) is 17.7 Å². The summed E-state index contributed by atoms with van der Waals surface area (Å²) in [4.78, 5) is 15.7. The largest absolute Gasteiger partial charge is 0.368 e. The highest BCUT2D eigenvalue weighted by Gasteiger charge is 2.20. The molecule has 0 unspecified atom stereocenters. The number of rotatable bonds is 4. The maximum atomic E-state index is 11.4. The zero-order valence-corrected chi connectivity index (χ0v) is 14.6. The second-order valence-electron chi connectivity index (χ2n) is 5.80. The maximum absolute atomic E-state index is 11.4. The number of benzene rings is 1. The molecule has 1 amide bonds. The van der Waals surface area contributed by atoms with Crippen molar-refractivity contribution >= 4 is 27.5 Å². The lowest BCUT2D eigenvalue weighted by molar-refractivity contribution is -0.129. The fourth-order valence-corrected chi connectivity index (χ4v) is 2.91. The SMILES string of the molecule is CC(=O)N1CCN(c2cc(Br)ccc2CNC(C)C)CC1. The Morgan fingerprint density at radius 1 is 1.29 bits per heavy atom. The molecule has 4 nitrogen and oxygen atoms in total. The number of halogens is 1. The first kappa shape index (κ1) is 16.3. The molecule has 5 heteroatoms. The lowest BCUT2D eigenvalue weighted by atomic mass is 10.1. The van der Waals surface area contributed by atoms with Crippen molar-refractivity contribution < 1.29 is 4.79 Å². The summed E-state index contributed by atoms with van der Waals surface area (Å²) < 4.78 is 1.10. The van der Waals surface area contributed by atoms with E-state index in [9.17, 15) is 4.79 Å². The second-order valence-corrected chi connectivity index (χ2v) is 6.72. The number of hydrogen-bond donors (Lipinski definition) is 1. The normalized spacial score (nSPS) is 15.7. The van der Waals surface area contributed by atoms with Crippen LogP contribution in [0.5, 0.6) is 0 Å². The third-order valence-electron chi connectivity index (χ3n) is 3.81. The quantitative estimate of drug-likeness (QED) is 0.903. The van der Waals surface area contributed by atoms with Crippen molar-refractivity contribution in [2.24, 2.45) is 0 Å². The highest BCUT2D eigenvalue weighted by Crippen LogP contribution is 2.26. The third-order valence-corrected chi connectivity index (χ3v) is 4.31. The molecule has 1 fully saturated rings. The van der Waals surface area contributed by atoms with Crippen LogP contribution < -0.4 is 10.2 Å². The highest BCUT2D eigenvalue weighted by atomic mass is 79.9. The van der Waals surface area contributed by atoms with E-state index in [2.05, 4.69) is 58.2 Å². The molecule has 0 atom stereocenters. The Morgan fingerprint density at radius 3 is 2.52 bits per heavy atom. The summed E-state index contributed by atoms with van der Waals surface area (Å²) in [6.45, 7) is 10.2. The van der Waals surface area contributed by atoms with Crippen molar-refractivity contribution in [3.63, 3.8) is 0 Å². The Labute approximate surface area is 135 Å². The number of piperazine rings is 1. The molecular weight excluding hydrogens is 330 g/mol. The Morgan fingerprint density at radius 2 is 1.95 bits per heavy atom. The van der Waals surface area contributed by atoms with Crippen molar-refractivity contribution in [2.75, 3.05) is 31.1 Å². The van der Waals surface area contributed by atoms with E-state index in [-0.39, 0.29) is 5.91 Å². The van der Waals surface area contributed by atoms with Gasteiger partial charge in [0.05, 0.1) is 0 Å². The van der Waals surface area contributed by atoms with Crippen LogP contribution in [0.15, 0.2) is 22.7 Å². The molecule has 0 spiro atoms. The number of nitrogens with zero attached hydrogens (tertiary/aromatic N) is 2. The summed E-state index contributed by atoms with van der Waals surface area (Å²) in [6.07, 6.45) is 0. The minimum absolute atomic E-state index is 0.172. The van der Waals surface area contributed by atoms with Crippen LogP contribution in [0, 0.1) is 0 Å². The predicted molar refractivity (Wildman–Crippen MR) is 90.6 cm³/mol. The number of amides is 1. The fourth-order valence-electron chi connectivity index (χ4n) is 2.56. The average molecular weight is 354 g/mol. The monoisotopic (exact) mass is 353 g/mol. The first-order valence-corrected chi connectivity index (χ1v) is 8.29. The van der Waals surface area contributed by atoms with Crippen LogP contribution >= 0.6 is 15.9 Å². The van der Waals surface area contributed by atoms with Gasteiger partial charge in [0.1, 0.15) is 0 Å². The van der Waals surface area contributed by atoms with Gasteiger partial charge in [0.2, 0.25) is 5.91 Å². The van der Waals surface area contributed by atoms with Gasteiger partial charge in [-0.1, -0.05) is 35.8 Å². The molecule has 2 rings (SSSR count). The number of nitrogens with one attached hydrogen (secondary N) is 1. The van der Waals surface area contributed by atoms with Crippen LogP contribution in [0.3, 0.4) is 0 Å². The van der Waals surface area contributed by atoms with Crippen LogP contribution in [0.1, 0.15) is 26.3 Å². The summed E-state index contributed by atoms with van der Waals surface area (Å²) in [5.74, 6) is 0.172. The molecule has 116 valence electrons. The number of anilines is 1. The van der Waals surface area contributed by atoms with Crippen LogP contribution in [0.25, 0.3) is 0 Å². The zero-order valence-electron chi connectivity index (χ0n) is 13.0. The highest BCUT2D eigenvalue weighted by molar-refractivity contribution is 9.10. The molecule has 1 aliphatic rings. The smallest absolute Gasteiger partial charge is 0.219 e. The molecule has 0 saturated carbocycles. The van der Waals surface area contributed by atoms with Crippen LogP contribution in [-0.2, 0) is 11.3 Å². The van der Waals surface area contributed by atoms with Gasteiger partial charge in [0, 0.05) is 55.8 Å². The van der Waals surface area contributed by atoms with Crippen LogP contribution in [0.2, 0.25) is 0 Å². The lowest BCUT2D eigenvalue weighted by Crippen LogP contribution is -2.48. The Bertz CT molecular complexity index is 496. The topological polar surface area (TPSA) is 35.6 Å². The van der Waals surface area contributed by atoms with Crippen molar-refractivity contribution in [2.45, 2.75) is 33.4 Å². The van der Waals surface area contributed by atoms with Gasteiger partial charge in [-0.2, -0.15) is 0 Å². The first-order chi connectivity index (χ1) is 9.97. The molecule has 1 heterocycles. The predicted octanol–water partition coefficient (Wildman–Crippen LogP) is 2.62. The van der Waals surface area contributed by atoms with E-state index in [1.165, 1.54) is 11.3 Å². The molecule has 0 bridgehead atoms. The number of hydrogen-bond acceptors (Lipinski definition) is 3. The van der Waals surface area contributed by atoms with Crippen LogP contribution in [0.4, 0.5) is 5.69 Å². The van der Waals surface area contributed by atoms with E-state index in [0.717, 1.165) is 37.2 Å². The van der Waals surface area contributed by atoms with E-state index in [1.54, 1.807) is 6.92 Å². The van der Waals surface area contributed by atoms with Crippen LogP contribution in [-0.4, -0.2) is 43.0 Å². The van der Waals surface area contributed by atoms with E-state index >= 15 is 0 Å². The molecule has 1 N–H and O–H groups in total. The molecule has 0 radical (unpaired) electrons. The van der Waals surface area contributed by atoms with Gasteiger partial charge < -0.3 is 15.1 Å². The molecule has 0 aliphatic carbocycles. The minimum Gasteiger partial charge on any atom is -0.368 e. The standard InChI is InChI=1S/C16H24BrN3O/c1-12(2)18-11-14-4-5-15(17)10-16(14)20-8-6-19(7-9-20)13(3)21/h4-5,10,12,18H,6-9,11H2,1-3H3. The Hall–Kier alpha value is -1.07. The molecule has 1 aromatic rings. The fraction of sp³-hybridized carbons (Fsp3) is 0.562. The zero-order chi connectivity index (χ0) is 15.4. The van der Waals surface area contributed by atoms with E-state index in [1.807, 2.05) is 4.90 Å². The minimum atomic E-state index is 0.172. The maximum Gasteiger partial charge on any atom is 0.219 e. The second kappa shape index (κ2) is 7.27.